The fourth-order valence-corrected chi connectivity index (χ4v) is 6.94. The summed E-state index contributed by atoms with van der Waals surface area (Å²) in [4.78, 5) is 37.7. The van der Waals surface area contributed by atoms with Gasteiger partial charge in [-0.1, -0.05) is 180 Å². The molecule has 0 saturated heterocycles. The fourth-order valence-electron chi connectivity index (χ4n) is 6.21. The van der Waals surface area contributed by atoms with Crippen LogP contribution in [0.4, 0.5) is 0 Å². The van der Waals surface area contributed by atoms with Gasteiger partial charge in [0.2, 0.25) is 0 Å². The number of quaternary nitrogens is 1. The number of unbranched alkanes of at least 4 members (excludes halogenated alkanes) is 9. The Kier molecular flexibility index (Phi) is 45.5. The zero-order valence-electron chi connectivity index (χ0n) is 43.2. The van der Waals surface area contributed by atoms with Gasteiger partial charge in [0, 0.05) is 12.8 Å². The molecule has 0 bridgehead atoms. The molecule has 10 heteroatoms. The number of rotatable bonds is 45. The monoisotopic (exact) mass is 964 g/mol. The highest BCUT2D eigenvalue weighted by Crippen LogP contribution is 2.38. The highest BCUT2D eigenvalue weighted by molar-refractivity contribution is 7.45. The molecule has 2 unspecified atom stereocenters. The number of phosphoric acid groups is 1. The molecule has 2 atom stereocenters. The molecule has 0 saturated carbocycles. The van der Waals surface area contributed by atoms with Crippen LogP contribution in [0.2, 0.25) is 0 Å². The number of carbonyl (C=O) groups is 2. The number of esters is 2. The van der Waals surface area contributed by atoms with E-state index < -0.39 is 32.5 Å². The van der Waals surface area contributed by atoms with Crippen molar-refractivity contribution in [3.8, 4) is 0 Å². The van der Waals surface area contributed by atoms with Crippen LogP contribution in [-0.4, -0.2) is 70.0 Å². The summed E-state index contributed by atoms with van der Waals surface area (Å²) < 4.78 is 34.0. The van der Waals surface area contributed by atoms with E-state index in [4.69, 9.17) is 18.5 Å². The lowest BCUT2D eigenvalue weighted by Gasteiger charge is -2.28. The number of carbonyl (C=O) groups excluding carboxylic acids is 2. The quantitative estimate of drug-likeness (QED) is 0.0195. The first-order valence-electron chi connectivity index (χ1n) is 25.9. The zero-order valence-corrected chi connectivity index (χ0v) is 44.1. The Balaban J connectivity index is 4.32. The van der Waals surface area contributed by atoms with Gasteiger partial charge < -0.3 is 27.9 Å². The molecule has 0 aromatic carbocycles. The molecular formula is C58H94NO8P. The molecule has 0 aliphatic carbocycles. The molecular weight excluding hydrogens is 870 g/mol. The third-order valence-corrected chi connectivity index (χ3v) is 11.1. The fraction of sp³-hybridized carbons (Fsp3) is 0.586. The maximum Gasteiger partial charge on any atom is 0.306 e. The maximum absolute atomic E-state index is 12.8. The average molecular weight is 964 g/mol. The van der Waals surface area contributed by atoms with Crippen molar-refractivity contribution in [3.63, 3.8) is 0 Å². The minimum atomic E-state index is -4.65. The van der Waals surface area contributed by atoms with Crippen LogP contribution in [0.5, 0.6) is 0 Å². The van der Waals surface area contributed by atoms with Gasteiger partial charge in [0.15, 0.2) is 6.10 Å². The number of phosphoric ester groups is 1. The van der Waals surface area contributed by atoms with E-state index in [0.29, 0.717) is 23.9 Å². The third kappa shape index (κ3) is 51.5. The number of hydrogen-bond acceptors (Lipinski definition) is 8. The lowest BCUT2D eigenvalue weighted by molar-refractivity contribution is -0.870. The topological polar surface area (TPSA) is 111 Å². The van der Waals surface area contributed by atoms with Gasteiger partial charge in [-0.2, -0.15) is 0 Å². The second-order valence-electron chi connectivity index (χ2n) is 17.8. The molecule has 0 amide bonds. The van der Waals surface area contributed by atoms with Crippen molar-refractivity contribution in [1.82, 2.24) is 0 Å². The molecule has 0 aromatic rings. The molecule has 384 valence electrons. The Hall–Kier alpha value is -3.85. The minimum Gasteiger partial charge on any atom is -0.756 e. The van der Waals surface area contributed by atoms with Crippen LogP contribution in [-0.2, 0) is 32.7 Å². The second kappa shape index (κ2) is 48.2. The molecule has 0 aliphatic heterocycles. The smallest absolute Gasteiger partial charge is 0.306 e. The molecule has 0 fully saturated rings. The Morgan fingerprint density at radius 2 is 0.794 bits per heavy atom. The lowest BCUT2D eigenvalue weighted by atomic mass is 10.1. The molecule has 0 radical (unpaired) electrons. The van der Waals surface area contributed by atoms with E-state index >= 15 is 0 Å². The van der Waals surface area contributed by atoms with E-state index in [1.165, 1.54) is 12.8 Å². The molecule has 9 nitrogen and oxygen atoms in total. The summed E-state index contributed by atoms with van der Waals surface area (Å²) in [6, 6.07) is 0. The SMILES string of the molecule is CC/C=C\C/C=C\C/C=C\C/C=C\C/C=C\C/C=C\C/C=C\CCCCCCCCCC(=O)OC(COC(=O)CCCC/C=C\C/C=C\C/C=C\C/C=C\CC)COP(=O)([O-])OCC[N+](C)(C)C. The number of hydrogen-bond donors (Lipinski definition) is 0. The Labute approximate surface area is 415 Å². The van der Waals surface area contributed by atoms with Crippen molar-refractivity contribution < 1.29 is 42.1 Å². The summed E-state index contributed by atoms with van der Waals surface area (Å²) in [5.41, 5.74) is 0. The summed E-state index contributed by atoms with van der Waals surface area (Å²) in [6.45, 7) is 3.91. The lowest BCUT2D eigenvalue weighted by Crippen LogP contribution is -2.37. The Morgan fingerprint density at radius 3 is 1.21 bits per heavy atom. The van der Waals surface area contributed by atoms with E-state index in [-0.39, 0.29) is 26.1 Å². The summed E-state index contributed by atoms with van der Waals surface area (Å²) >= 11 is 0. The molecule has 68 heavy (non-hydrogen) atoms. The van der Waals surface area contributed by atoms with Crippen LogP contribution in [0.3, 0.4) is 0 Å². The van der Waals surface area contributed by atoms with E-state index in [1.54, 1.807) is 0 Å². The Morgan fingerprint density at radius 1 is 0.456 bits per heavy atom. The first-order valence-corrected chi connectivity index (χ1v) is 27.4. The predicted octanol–water partition coefficient (Wildman–Crippen LogP) is 15.2. The molecule has 0 aliphatic rings. The summed E-state index contributed by atoms with van der Waals surface area (Å²) in [7, 11) is 1.11. The highest BCUT2D eigenvalue weighted by Gasteiger charge is 2.21. The normalized spacial score (nSPS) is 14.5. The summed E-state index contributed by atoms with van der Waals surface area (Å²) in [5.74, 6) is -0.910. The van der Waals surface area contributed by atoms with Crippen LogP contribution < -0.4 is 4.89 Å². The van der Waals surface area contributed by atoms with E-state index in [2.05, 4.69) is 148 Å². The van der Waals surface area contributed by atoms with Crippen molar-refractivity contribution >= 4 is 19.8 Å². The van der Waals surface area contributed by atoms with Crippen molar-refractivity contribution in [3.05, 3.63) is 134 Å². The second-order valence-corrected chi connectivity index (χ2v) is 19.2. The molecule has 0 rings (SSSR count). The zero-order chi connectivity index (χ0) is 49.9. The van der Waals surface area contributed by atoms with E-state index in [0.717, 1.165) is 116 Å². The first-order chi connectivity index (χ1) is 33.0. The van der Waals surface area contributed by atoms with Crippen LogP contribution in [0, 0.1) is 0 Å². The van der Waals surface area contributed by atoms with Crippen molar-refractivity contribution in [2.45, 2.75) is 174 Å². The average Bonchev–Trinajstić information content (AvgIpc) is 3.30. The Bertz CT molecular complexity index is 1610. The minimum absolute atomic E-state index is 0.0482. The maximum atomic E-state index is 12.8. The largest absolute Gasteiger partial charge is 0.756 e. The van der Waals surface area contributed by atoms with Crippen molar-refractivity contribution in [2.75, 3.05) is 47.5 Å². The summed E-state index contributed by atoms with van der Waals surface area (Å²) in [6.07, 6.45) is 69.2. The number of nitrogens with zero attached hydrogens (tertiary/aromatic N) is 1. The van der Waals surface area contributed by atoms with E-state index in [9.17, 15) is 19.0 Å². The number of ether oxygens (including phenoxy) is 2. The van der Waals surface area contributed by atoms with Crippen LogP contribution >= 0.6 is 7.82 Å². The van der Waals surface area contributed by atoms with Crippen molar-refractivity contribution in [2.24, 2.45) is 0 Å². The van der Waals surface area contributed by atoms with Gasteiger partial charge >= 0.3 is 11.9 Å². The highest BCUT2D eigenvalue weighted by atomic mass is 31.2. The van der Waals surface area contributed by atoms with Gasteiger partial charge in [-0.3, -0.25) is 14.2 Å². The van der Waals surface area contributed by atoms with Gasteiger partial charge in [-0.25, -0.2) is 0 Å². The first kappa shape index (κ1) is 64.2. The third-order valence-electron chi connectivity index (χ3n) is 10.2. The van der Waals surface area contributed by atoms with Crippen molar-refractivity contribution in [1.29, 1.82) is 0 Å². The van der Waals surface area contributed by atoms with Crippen LogP contribution in [0.15, 0.2) is 134 Å². The number of likely N-dealkylation sites (N-methyl/N-ethyl adjacent to an activating group) is 1. The standard InChI is InChI=1S/C58H94NO8P/c1-6-8-10-12-14-16-18-20-22-23-24-25-26-27-28-29-30-31-32-33-34-35-37-39-41-43-45-47-49-51-58(61)67-56(55-66-68(62,63)65-53-52-59(3,4)5)54-64-57(60)50-48-46-44-42-40-38-36-21-19-17-15-13-11-9-7-2/h8-11,14-17,20-22,24-25,27-28,30-31,33-34,36,40,42,56H,6-7,12-13,18-19,23,26,29,32,35,37-39,41,43-55H2,1-5H3/b10-8-,11-9-,16-14-,17-15-,22-20-,25-24-,28-27-,31-30-,34-33-,36-21-,42-40-. The van der Waals surface area contributed by atoms with Gasteiger partial charge in [0.25, 0.3) is 7.82 Å². The van der Waals surface area contributed by atoms with Crippen LogP contribution in [0.25, 0.3) is 0 Å². The van der Waals surface area contributed by atoms with Gasteiger partial charge in [0.05, 0.1) is 27.7 Å². The van der Waals surface area contributed by atoms with Crippen LogP contribution in [0.1, 0.15) is 168 Å². The molecule has 0 heterocycles. The van der Waals surface area contributed by atoms with Gasteiger partial charge in [-0.15, -0.1) is 0 Å². The molecule has 0 aromatic heterocycles. The van der Waals surface area contributed by atoms with Gasteiger partial charge in [-0.05, 0) is 109 Å². The summed E-state index contributed by atoms with van der Waals surface area (Å²) in [5, 5.41) is 0. The molecule has 0 N–H and O–H groups in total. The molecule has 0 spiro atoms. The van der Waals surface area contributed by atoms with Gasteiger partial charge in [0.1, 0.15) is 19.8 Å². The van der Waals surface area contributed by atoms with E-state index in [1.807, 2.05) is 21.1 Å². The predicted molar refractivity (Wildman–Crippen MR) is 286 cm³/mol. The number of allylic oxidation sites excluding steroid dienone is 22.